The molecule has 104 valence electrons. The fourth-order valence-electron chi connectivity index (χ4n) is 2.14. The molecular formula is C13H15ClF2N2O. The second-order valence-electron chi connectivity index (χ2n) is 5.01. The van der Waals surface area contributed by atoms with E-state index in [1.165, 1.54) is 0 Å². The van der Waals surface area contributed by atoms with E-state index >= 15 is 0 Å². The van der Waals surface area contributed by atoms with Crippen molar-refractivity contribution in [1.29, 1.82) is 0 Å². The molecule has 0 aromatic heterocycles. The zero-order chi connectivity index (χ0) is 14.0. The van der Waals surface area contributed by atoms with Crippen molar-refractivity contribution in [2.75, 3.05) is 13.1 Å². The third-order valence-corrected chi connectivity index (χ3v) is 3.67. The molecule has 0 radical (unpaired) electrons. The lowest BCUT2D eigenvalue weighted by Crippen LogP contribution is -2.52. The van der Waals surface area contributed by atoms with Crippen LogP contribution in [0.3, 0.4) is 0 Å². The number of nitrogens with one attached hydrogen (secondary N) is 2. The fourth-order valence-corrected chi connectivity index (χ4v) is 2.29. The lowest BCUT2D eigenvalue weighted by molar-refractivity contribution is 0.0883. The van der Waals surface area contributed by atoms with Gasteiger partial charge in [-0.1, -0.05) is 11.6 Å². The first-order valence-electron chi connectivity index (χ1n) is 6.09. The Morgan fingerprint density at radius 2 is 1.95 bits per heavy atom. The minimum atomic E-state index is -0.818. The lowest BCUT2D eigenvalue weighted by Gasteiger charge is -2.35. The van der Waals surface area contributed by atoms with E-state index in [4.69, 9.17) is 11.6 Å². The van der Waals surface area contributed by atoms with Gasteiger partial charge < -0.3 is 10.6 Å². The smallest absolute Gasteiger partial charge is 0.254 e. The maximum atomic E-state index is 13.6. The summed E-state index contributed by atoms with van der Waals surface area (Å²) in [5, 5.41) is 5.62. The molecule has 2 rings (SSSR count). The van der Waals surface area contributed by atoms with Crippen LogP contribution in [-0.4, -0.2) is 24.5 Å². The first kappa shape index (κ1) is 14.2. The molecule has 1 saturated heterocycles. The van der Waals surface area contributed by atoms with Crippen molar-refractivity contribution in [2.45, 2.75) is 25.3 Å². The Labute approximate surface area is 115 Å². The lowest BCUT2D eigenvalue weighted by atomic mass is 9.90. The third-order valence-electron chi connectivity index (χ3n) is 3.38. The summed E-state index contributed by atoms with van der Waals surface area (Å²) >= 11 is 5.45. The molecule has 0 aliphatic carbocycles. The van der Waals surface area contributed by atoms with E-state index in [0.29, 0.717) is 0 Å². The van der Waals surface area contributed by atoms with Crippen LogP contribution in [0.25, 0.3) is 0 Å². The zero-order valence-corrected chi connectivity index (χ0v) is 11.3. The molecule has 1 amide bonds. The van der Waals surface area contributed by atoms with E-state index in [0.717, 1.165) is 38.1 Å². The van der Waals surface area contributed by atoms with Crippen molar-refractivity contribution in [3.8, 4) is 0 Å². The minimum absolute atomic E-state index is 0.318. The summed E-state index contributed by atoms with van der Waals surface area (Å²) in [7, 11) is 0. The highest BCUT2D eigenvalue weighted by atomic mass is 35.5. The maximum absolute atomic E-state index is 13.6. The number of hydrogen-bond acceptors (Lipinski definition) is 2. The molecule has 0 atom stereocenters. The Morgan fingerprint density at radius 1 is 1.32 bits per heavy atom. The summed E-state index contributed by atoms with van der Waals surface area (Å²) in [6.45, 7) is 3.47. The molecule has 0 spiro atoms. The molecular weight excluding hydrogens is 274 g/mol. The van der Waals surface area contributed by atoms with Gasteiger partial charge in [0.1, 0.15) is 11.6 Å². The Morgan fingerprint density at radius 3 is 2.58 bits per heavy atom. The molecule has 2 N–H and O–H groups in total. The van der Waals surface area contributed by atoms with Crippen molar-refractivity contribution in [3.63, 3.8) is 0 Å². The van der Waals surface area contributed by atoms with Gasteiger partial charge in [-0.25, -0.2) is 8.78 Å². The zero-order valence-electron chi connectivity index (χ0n) is 10.5. The third kappa shape index (κ3) is 3.22. The summed E-state index contributed by atoms with van der Waals surface area (Å²) < 4.78 is 26.9. The number of carbonyl (C=O) groups is 1. The molecule has 1 aromatic carbocycles. The van der Waals surface area contributed by atoms with Crippen LogP contribution in [0.5, 0.6) is 0 Å². The van der Waals surface area contributed by atoms with Crippen LogP contribution in [0, 0.1) is 11.6 Å². The van der Waals surface area contributed by atoms with Crippen molar-refractivity contribution in [3.05, 3.63) is 34.4 Å². The van der Waals surface area contributed by atoms with Crippen molar-refractivity contribution in [2.24, 2.45) is 0 Å². The number of rotatable bonds is 2. The number of amides is 1. The van der Waals surface area contributed by atoms with Crippen molar-refractivity contribution in [1.82, 2.24) is 10.6 Å². The molecule has 1 fully saturated rings. The summed E-state index contributed by atoms with van der Waals surface area (Å²) in [5.74, 6) is -2.23. The number of benzene rings is 1. The van der Waals surface area contributed by atoms with Gasteiger partial charge in [-0.2, -0.15) is 0 Å². The maximum Gasteiger partial charge on any atom is 0.254 e. The second kappa shape index (κ2) is 5.43. The fraction of sp³-hybridized carbons (Fsp3) is 0.462. The standard InChI is InChI=1S/C13H15ClF2N2O/c1-13(2-4-17-5-3-13)18-12(19)8-6-11(16)9(14)7-10(8)15/h6-7,17H,2-5H2,1H3,(H,18,19). The average molecular weight is 289 g/mol. The molecule has 0 unspecified atom stereocenters. The predicted molar refractivity (Wildman–Crippen MR) is 69.3 cm³/mol. The van der Waals surface area contributed by atoms with Crippen LogP contribution >= 0.6 is 11.6 Å². The second-order valence-corrected chi connectivity index (χ2v) is 5.42. The highest BCUT2D eigenvalue weighted by Crippen LogP contribution is 2.22. The van der Waals surface area contributed by atoms with Gasteiger partial charge in [-0.15, -0.1) is 0 Å². The molecule has 1 aromatic rings. The van der Waals surface area contributed by atoms with Crippen LogP contribution in [0.4, 0.5) is 8.78 Å². The van der Waals surface area contributed by atoms with Gasteiger partial charge in [0.25, 0.3) is 5.91 Å². The van der Waals surface area contributed by atoms with Crippen LogP contribution in [-0.2, 0) is 0 Å². The van der Waals surface area contributed by atoms with Crippen LogP contribution < -0.4 is 10.6 Å². The first-order chi connectivity index (χ1) is 8.91. The van der Waals surface area contributed by atoms with Crippen LogP contribution in [0.1, 0.15) is 30.1 Å². The van der Waals surface area contributed by atoms with E-state index in [-0.39, 0.29) is 10.6 Å². The van der Waals surface area contributed by atoms with E-state index in [2.05, 4.69) is 10.6 Å². The van der Waals surface area contributed by atoms with E-state index in [9.17, 15) is 13.6 Å². The normalized spacial score (nSPS) is 18.1. The summed E-state index contributed by atoms with van der Waals surface area (Å²) in [6.07, 6.45) is 1.49. The molecule has 0 saturated carbocycles. The van der Waals surface area contributed by atoms with Gasteiger partial charge in [0.2, 0.25) is 0 Å². The van der Waals surface area contributed by atoms with Gasteiger partial charge in [-0.05, 0) is 45.0 Å². The summed E-state index contributed by atoms with van der Waals surface area (Å²) in [6, 6.07) is 1.65. The summed E-state index contributed by atoms with van der Waals surface area (Å²) in [5.41, 5.74) is -0.716. The molecule has 6 heteroatoms. The Bertz CT molecular complexity index is 502. The summed E-state index contributed by atoms with van der Waals surface area (Å²) in [4.78, 5) is 12.0. The molecule has 19 heavy (non-hydrogen) atoms. The van der Waals surface area contributed by atoms with E-state index in [1.54, 1.807) is 0 Å². The van der Waals surface area contributed by atoms with Gasteiger partial charge >= 0.3 is 0 Å². The average Bonchev–Trinajstić information content (AvgIpc) is 2.34. The Kier molecular flexibility index (Phi) is 4.06. The number of hydrogen-bond donors (Lipinski definition) is 2. The first-order valence-corrected chi connectivity index (χ1v) is 6.47. The Balaban J connectivity index is 2.18. The molecule has 1 aliphatic heterocycles. The molecule has 1 aliphatic rings. The minimum Gasteiger partial charge on any atom is -0.347 e. The highest BCUT2D eigenvalue weighted by molar-refractivity contribution is 6.30. The number of carbonyl (C=O) groups excluding carboxylic acids is 1. The van der Waals surface area contributed by atoms with Crippen molar-refractivity contribution >= 4 is 17.5 Å². The SMILES string of the molecule is CC1(NC(=O)c2cc(F)c(Cl)cc2F)CCNCC1. The predicted octanol–water partition coefficient (Wildman–Crippen LogP) is 2.49. The number of piperidine rings is 1. The molecule has 1 heterocycles. The van der Waals surface area contributed by atoms with Crippen LogP contribution in [0.15, 0.2) is 12.1 Å². The van der Waals surface area contributed by atoms with Crippen molar-refractivity contribution < 1.29 is 13.6 Å². The largest absolute Gasteiger partial charge is 0.347 e. The van der Waals surface area contributed by atoms with E-state index in [1.807, 2.05) is 6.92 Å². The van der Waals surface area contributed by atoms with E-state index < -0.39 is 23.1 Å². The molecule has 3 nitrogen and oxygen atoms in total. The van der Waals surface area contributed by atoms with Gasteiger partial charge in [0, 0.05) is 5.54 Å². The monoisotopic (exact) mass is 288 g/mol. The quantitative estimate of drug-likeness (QED) is 0.821. The van der Waals surface area contributed by atoms with Gasteiger partial charge in [-0.3, -0.25) is 4.79 Å². The molecule has 0 bridgehead atoms. The van der Waals surface area contributed by atoms with Gasteiger partial charge in [0.05, 0.1) is 10.6 Å². The topological polar surface area (TPSA) is 41.1 Å². The Hall–Kier alpha value is -1.20. The number of halogens is 3. The van der Waals surface area contributed by atoms with Crippen LogP contribution in [0.2, 0.25) is 5.02 Å². The van der Waals surface area contributed by atoms with Gasteiger partial charge in [0.15, 0.2) is 0 Å². The highest BCUT2D eigenvalue weighted by Gasteiger charge is 2.29.